The van der Waals surface area contributed by atoms with Crippen LogP contribution in [0.15, 0.2) is 53.7 Å². The number of ether oxygens (including phenoxy) is 1. The lowest BCUT2D eigenvalue weighted by atomic mass is 10.2. The van der Waals surface area contributed by atoms with Gasteiger partial charge in [-0.2, -0.15) is 0 Å². The average Bonchev–Trinajstić information content (AvgIpc) is 2.84. The summed E-state index contributed by atoms with van der Waals surface area (Å²) in [5.74, 6) is 2.91. The number of anilines is 1. The van der Waals surface area contributed by atoms with Crippen LogP contribution < -0.4 is 15.0 Å². The number of aromatic nitrogens is 1. The number of piperazine rings is 1. The lowest BCUT2D eigenvalue weighted by Gasteiger charge is -2.37. The summed E-state index contributed by atoms with van der Waals surface area (Å²) >= 11 is 0. The molecule has 2 aromatic rings. The van der Waals surface area contributed by atoms with Crippen LogP contribution in [-0.2, 0) is 6.54 Å². The van der Waals surface area contributed by atoms with Crippen molar-refractivity contribution >= 4 is 35.8 Å². The summed E-state index contributed by atoms with van der Waals surface area (Å²) in [4.78, 5) is 16.0. The van der Waals surface area contributed by atoms with Gasteiger partial charge in [-0.05, 0) is 31.3 Å². The Labute approximate surface area is 209 Å². The van der Waals surface area contributed by atoms with Crippen LogP contribution in [0.3, 0.4) is 0 Å². The SMILES string of the molecule is CCN(CC)CCOc1ccccc1CNC(=NC)N1CCN(c2ccccn2)CC1.I. The first-order valence-electron chi connectivity index (χ1n) is 11.3. The molecular weight excluding hydrogens is 515 g/mol. The van der Waals surface area contributed by atoms with E-state index in [9.17, 15) is 0 Å². The maximum absolute atomic E-state index is 6.10. The molecule has 0 spiro atoms. The van der Waals surface area contributed by atoms with Gasteiger partial charge in [0.2, 0.25) is 0 Å². The first kappa shape index (κ1) is 26.2. The van der Waals surface area contributed by atoms with Crippen LogP contribution in [0.2, 0.25) is 0 Å². The molecule has 0 aliphatic carbocycles. The predicted octanol–water partition coefficient (Wildman–Crippen LogP) is 3.32. The van der Waals surface area contributed by atoms with E-state index in [-0.39, 0.29) is 24.0 Å². The Morgan fingerprint density at radius 3 is 2.44 bits per heavy atom. The number of rotatable bonds is 9. The van der Waals surface area contributed by atoms with E-state index in [1.54, 1.807) is 0 Å². The largest absolute Gasteiger partial charge is 0.492 e. The van der Waals surface area contributed by atoms with Crippen molar-refractivity contribution in [2.45, 2.75) is 20.4 Å². The zero-order valence-corrected chi connectivity index (χ0v) is 21.9. The number of likely N-dealkylation sites (N-methyl/N-ethyl adjacent to an activating group) is 1. The number of hydrogen-bond acceptors (Lipinski definition) is 5. The summed E-state index contributed by atoms with van der Waals surface area (Å²) in [6, 6.07) is 14.3. The quantitative estimate of drug-likeness (QED) is 0.293. The fraction of sp³-hybridized carbons (Fsp3) is 0.500. The predicted molar refractivity (Wildman–Crippen MR) is 143 cm³/mol. The van der Waals surface area contributed by atoms with Gasteiger partial charge >= 0.3 is 0 Å². The number of halogens is 1. The van der Waals surface area contributed by atoms with Crippen molar-refractivity contribution in [1.82, 2.24) is 20.1 Å². The average molecular weight is 553 g/mol. The highest BCUT2D eigenvalue weighted by Crippen LogP contribution is 2.18. The standard InChI is InChI=1S/C24H36N6O.HI/c1-4-28(5-2)18-19-31-22-11-7-6-10-21(22)20-27-24(25-3)30-16-14-29(15-17-30)23-12-8-9-13-26-23;/h6-13H,4-5,14-20H2,1-3H3,(H,25,27);1H. The monoisotopic (exact) mass is 552 g/mol. The number of nitrogens with one attached hydrogen (secondary N) is 1. The molecule has 0 bridgehead atoms. The Morgan fingerprint density at radius 2 is 1.78 bits per heavy atom. The van der Waals surface area contributed by atoms with Gasteiger partial charge in [-0.3, -0.25) is 4.99 Å². The molecule has 32 heavy (non-hydrogen) atoms. The molecule has 1 aliphatic heterocycles. The Kier molecular flexibility index (Phi) is 11.6. The third-order valence-electron chi connectivity index (χ3n) is 5.73. The van der Waals surface area contributed by atoms with Gasteiger partial charge in [-0.15, -0.1) is 24.0 Å². The van der Waals surface area contributed by atoms with E-state index in [1.807, 2.05) is 37.5 Å². The lowest BCUT2D eigenvalue weighted by Crippen LogP contribution is -2.52. The van der Waals surface area contributed by atoms with E-state index < -0.39 is 0 Å². The molecular formula is C24H37IN6O. The number of benzene rings is 1. The molecule has 1 aromatic carbocycles. The fourth-order valence-electron chi connectivity index (χ4n) is 3.81. The minimum atomic E-state index is 0. The molecule has 176 valence electrons. The van der Waals surface area contributed by atoms with Crippen molar-refractivity contribution < 1.29 is 4.74 Å². The van der Waals surface area contributed by atoms with Gasteiger partial charge in [0.05, 0.1) is 0 Å². The van der Waals surface area contributed by atoms with Crippen molar-refractivity contribution in [3.8, 4) is 5.75 Å². The molecule has 1 saturated heterocycles. The second kappa shape index (κ2) is 14.2. The summed E-state index contributed by atoms with van der Waals surface area (Å²) in [6.45, 7) is 12.5. The van der Waals surface area contributed by atoms with Crippen LogP contribution in [-0.4, -0.2) is 80.2 Å². The molecule has 2 heterocycles. The molecule has 7 nitrogen and oxygen atoms in total. The summed E-state index contributed by atoms with van der Waals surface area (Å²) in [7, 11) is 1.85. The second-order valence-corrected chi connectivity index (χ2v) is 7.55. The van der Waals surface area contributed by atoms with Crippen LogP contribution in [0.1, 0.15) is 19.4 Å². The zero-order valence-electron chi connectivity index (χ0n) is 19.5. The van der Waals surface area contributed by atoms with Gasteiger partial charge in [0, 0.05) is 58.1 Å². The van der Waals surface area contributed by atoms with Crippen molar-refractivity contribution in [3.05, 3.63) is 54.2 Å². The molecule has 0 radical (unpaired) electrons. The van der Waals surface area contributed by atoms with Gasteiger partial charge in [0.25, 0.3) is 0 Å². The van der Waals surface area contributed by atoms with Gasteiger partial charge in [0.15, 0.2) is 5.96 Å². The normalized spacial score (nSPS) is 14.3. The minimum absolute atomic E-state index is 0. The molecule has 3 rings (SSSR count). The number of pyridine rings is 1. The maximum Gasteiger partial charge on any atom is 0.194 e. The van der Waals surface area contributed by atoms with Crippen LogP contribution in [0.5, 0.6) is 5.75 Å². The van der Waals surface area contributed by atoms with E-state index in [0.717, 1.165) is 68.9 Å². The van der Waals surface area contributed by atoms with Gasteiger partial charge < -0.3 is 24.8 Å². The first-order chi connectivity index (χ1) is 15.2. The van der Waals surface area contributed by atoms with Crippen LogP contribution in [0, 0.1) is 0 Å². The van der Waals surface area contributed by atoms with E-state index in [1.165, 1.54) is 0 Å². The highest BCUT2D eigenvalue weighted by molar-refractivity contribution is 14.0. The summed E-state index contributed by atoms with van der Waals surface area (Å²) in [5, 5.41) is 3.52. The smallest absolute Gasteiger partial charge is 0.194 e. The van der Waals surface area contributed by atoms with Crippen molar-refractivity contribution in [1.29, 1.82) is 0 Å². The topological polar surface area (TPSA) is 56.2 Å². The second-order valence-electron chi connectivity index (χ2n) is 7.55. The Bertz CT molecular complexity index is 807. The number of guanidine groups is 1. The lowest BCUT2D eigenvalue weighted by molar-refractivity contribution is 0.221. The highest BCUT2D eigenvalue weighted by atomic mass is 127. The summed E-state index contributed by atoms with van der Waals surface area (Å²) in [5.41, 5.74) is 1.15. The fourth-order valence-corrected chi connectivity index (χ4v) is 3.81. The van der Waals surface area contributed by atoms with Crippen molar-refractivity contribution in [2.24, 2.45) is 4.99 Å². The maximum atomic E-state index is 6.10. The minimum Gasteiger partial charge on any atom is -0.492 e. The number of para-hydroxylation sites is 1. The molecule has 1 fully saturated rings. The Hall–Kier alpha value is -2.07. The van der Waals surface area contributed by atoms with Crippen LogP contribution >= 0.6 is 24.0 Å². The molecule has 1 aromatic heterocycles. The van der Waals surface area contributed by atoms with Gasteiger partial charge in [0.1, 0.15) is 18.2 Å². The third-order valence-corrected chi connectivity index (χ3v) is 5.73. The van der Waals surface area contributed by atoms with E-state index in [4.69, 9.17) is 4.74 Å². The third kappa shape index (κ3) is 7.51. The van der Waals surface area contributed by atoms with E-state index in [2.05, 4.69) is 62.0 Å². The molecule has 0 unspecified atom stereocenters. The zero-order chi connectivity index (χ0) is 21.9. The van der Waals surface area contributed by atoms with Crippen LogP contribution in [0.4, 0.5) is 5.82 Å². The van der Waals surface area contributed by atoms with Crippen LogP contribution in [0.25, 0.3) is 0 Å². The highest BCUT2D eigenvalue weighted by Gasteiger charge is 2.20. The van der Waals surface area contributed by atoms with Crippen molar-refractivity contribution in [3.63, 3.8) is 0 Å². The summed E-state index contributed by atoms with van der Waals surface area (Å²) < 4.78 is 6.10. The Morgan fingerprint density at radius 1 is 1.06 bits per heavy atom. The van der Waals surface area contributed by atoms with Crippen molar-refractivity contribution in [2.75, 3.05) is 64.4 Å². The molecule has 1 aliphatic rings. The first-order valence-corrected chi connectivity index (χ1v) is 11.3. The van der Waals surface area contributed by atoms with E-state index in [0.29, 0.717) is 13.2 Å². The van der Waals surface area contributed by atoms with Gasteiger partial charge in [-0.1, -0.05) is 38.1 Å². The molecule has 0 atom stereocenters. The molecule has 0 saturated carbocycles. The van der Waals surface area contributed by atoms with Gasteiger partial charge in [-0.25, -0.2) is 4.98 Å². The number of nitrogens with zero attached hydrogens (tertiary/aromatic N) is 5. The van der Waals surface area contributed by atoms with E-state index >= 15 is 0 Å². The molecule has 1 N–H and O–H groups in total. The molecule has 8 heteroatoms. The summed E-state index contributed by atoms with van der Waals surface area (Å²) in [6.07, 6.45) is 1.85. The number of aliphatic imine (C=N–C) groups is 1. The number of hydrogen-bond donors (Lipinski definition) is 1. The Balaban J connectivity index is 0.00000363. The molecule has 0 amide bonds.